The molecule has 0 aliphatic carbocycles. The summed E-state index contributed by atoms with van der Waals surface area (Å²) in [6.07, 6.45) is 0.559. The molecule has 25 heavy (non-hydrogen) atoms. The predicted molar refractivity (Wildman–Crippen MR) is 97.6 cm³/mol. The van der Waals surface area contributed by atoms with E-state index in [-0.39, 0.29) is 9.09 Å². The van der Waals surface area contributed by atoms with Crippen molar-refractivity contribution in [3.05, 3.63) is 88.8 Å². The monoisotopic (exact) mass is 372 g/mol. The predicted octanol–water partition coefficient (Wildman–Crippen LogP) is 4.10. The Morgan fingerprint density at radius 1 is 0.880 bits per heavy atom. The van der Waals surface area contributed by atoms with Crippen molar-refractivity contribution >= 4 is 27.1 Å². The van der Waals surface area contributed by atoms with E-state index >= 15 is 0 Å². The lowest BCUT2D eigenvalue weighted by atomic mass is 10.0. The molecule has 0 fully saturated rings. The van der Waals surface area contributed by atoms with Gasteiger partial charge in [-0.05, 0) is 23.3 Å². The van der Waals surface area contributed by atoms with E-state index in [1.165, 1.54) is 12.1 Å². The van der Waals surface area contributed by atoms with Gasteiger partial charge in [0.2, 0.25) is 0 Å². The van der Waals surface area contributed by atoms with Gasteiger partial charge in [0.25, 0.3) is 0 Å². The number of esters is 1. The second-order valence-corrected chi connectivity index (χ2v) is 8.82. The third-order valence-corrected chi connectivity index (χ3v) is 6.46. The number of carbonyl (C=O) groups excluding carboxylic acids is 1. The summed E-state index contributed by atoms with van der Waals surface area (Å²) < 4.78 is 29.0. The Hall–Kier alpha value is -2.44. The van der Waals surface area contributed by atoms with E-state index in [4.69, 9.17) is 4.74 Å². The topological polar surface area (TPSA) is 60.4 Å². The maximum atomic E-state index is 12.5. The fraction of sp³-hybridized carbons (Fsp3) is 0.105. The molecule has 0 saturated heterocycles. The highest BCUT2D eigenvalue weighted by atomic mass is 32.2. The molecule has 2 aromatic carbocycles. The Kier molecular flexibility index (Phi) is 5.01. The van der Waals surface area contributed by atoms with Crippen LogP contribution in [0.4, 0.5) is 0 Å². The molecule has 0 N–H and O–H groups in total. The zero-order valence-electron chi connectivity index (χ0n) is 13.5. The molecule has 6 heteroatoms. The molecule has 4 nitrogen and oxygen atoms in total. The van der Waals surface area contributed by atoms with Gasteiger partial charge in [-0.1, -0.05) is 60.7 Å². The Bertz CT molecular complexity index is 921. The van der Waals surface area contributed by atoms with Gasteiger partial charge in [0, 0.05) is 6.26 Å². The van der Waals surface area contributed by atoms with E-state index in [1.54, 1.807) is 0 Å². The number of carbonyl (C=O) groups is 1. The van der Waals surface area contributed by atoms with Crippen LogP contribution < -0.4 is 0 Å². The minimum Gasteiger partial charge on any atom is -0.448 e. The second kappa shape index (κ2) is 7.21. The third kappa shape index (κ3) is 4.15. The number of rotatable bonds is 5. The zero-order chi connectivity index (χ0) is 17.9. The summed E-state index contributed by atoms with van der Waals surface area (Å²) >= 11 is 0.918. The number of hydrogen-bond donors (Lipinski definition) is 0. The van der Waals surface area contributed by atoms with E-state index in [1.807, 2.05) is 60.7 Å². The molecule has 0 aliphatic heterocycles. The molecule has 3 aromatic rings. The minimum atomic E-state index is -3.34. The fourth-order valence-electron chi connectivity index (χ4n) is 2.38. The highest BCUT2D eigenvalue weighted by Gasteiger charge is 2.22. The Morgan fingerprint density at radius 3 is 1.84 bits per heavy atom. The normalized spacial score (nSPS) is 11.4. The Balaban J connectivity index is 1.90. The maximum absolute atomic E-state index is 12.5. The van der Waals surface area contributed by atoms with Crippen LogP contribution in [0.1, 0.15) is 26.9 Å². The summed E-state index contributed by atoms with van der Waals surface area (Å²) in [4.78, 5) is 12.8. The van der Waals surface area contributed by atoms with Gasteiger partial charge in [-0.15, -0.1) is 11.3 Å². The summed E-state index contributed by atoms with van der Waals surface area (Å²) in [6.45, 7) is 0. The SMILES string of the molecule is CS(=O)(=O)c1ccc(C(=O)OC(c2ccccc2)c2ccccc2)s1. The van der Waals surface area contributed by atoms with E-state index in [2.05, 4.69) is 0 Å². The molecule has 0 bridgehead atoms. The average molecular weight is 372 g/mol. The first-order chi connectivity index (χ1) is 11.9. The fourth-order valence-corrected chi connectivity index (χ4v) is 4.19. The van der Waals surface area contributed by atoms with Crippen LogP contribution in [-0.2, 0) is 14.6 Å². The van der Waals surface area contributed by atoms with Crippen LogP contribution in [-0.4, -0.2) is 20.6 Å². The van der Waals surface area contributed by atoms with Gasteiger partial charge in [0.05, 0.1) is 0 Å². The summed E-state index contributed by atoms with van der Waals surface area (Å²) in [5.41, 5.74) is 1.70. The lowest BCUT2D eigenvalue weighted by Gasteiger charge is -2.18. The van der Waals surface area contributed by atoms with E-state index in [9.17, 15) is 13.2 Å². The van der Waals surface area contributed by atoms with Crippen molar-refractivity contribution in [3.63, 3.8) is 0 Å². The number of hydrogen-bond acceptors (Lipinski definition) is 5. The van der Waals surface area contributed by atoms with Gasteiger partial charge >= 0.3 is 5.97 Å². The molecular formula is C19H16O4S2. The quantitative estimate of drug-likeness (QED) is 0.633. The van der Waals surface area contributed by atoms with E-state index in [0.717, 1.165) is 28.7 Å². The number of ether oxygens (including phenoxy) is 1. The number of sulfone groups is 1. The van der Waals surface area contributed by atoms with E-state index in [0.29, 0.717) is 0 Å². The highest BCUT2D eigenvalue weighted by Crippen LogP contribution is 2.29. The van der Waals surface area contributed by atoms with Crippen molar-refractivity contribution in [2.24, 2.45) is 0 Å². The van der Waals surface area contributed by atoms with Crippen LogP contribution in [0.3, 0.4) is 0 Å². The zero-order valence-corrected chi connectivity index (χ0v) is 15.1. The lowest BCUT2D eigenvalue weighted by molar-refractivity contribution is 0.0384. The van der Waals surface area contributed by atoms with Crippen molar-refractivity contribution in [2.75, 3.05) is 6.26 Å². The van der Waals surface area contributed by atoms with Gasteiger partial charge in [-0.3, -0.25) is 0 Å². The van der Waals surface area contributed by atoms with Crippen LogP contribution in [0, 0.1) is 0 Å². The molecule has 0 saturated carbocycles. The van der Waals surface area contributed by atoms with Gasteiger partial charge in [-0.2, -0.15) is 0 Å². The third-order valence-electron chi connectivity index (χ3n) is 3.58. The molecule has 0 radical (unpaired) electrons. The van der Waals surface area contributed by atoms with E-state index < -0.39 is 21.9 Å². The molecule has 3 rings (SSSR count). The standard InChI is InChI=1S/C19H16O4S2/c1-25(21,22)17-13-12-16(24-17)19(20)23-18(14-8-4-2-5-9-14)15-10-6-3-7-11-15/h2-13,18H,1H3. The van der Waals surface area contributed by atoms with Crippen molar-refractivity contribution in [3.8, 4) is 0 Å². The lowest BCUT2D eigenvalue weighted by Crippen LogP contribution is -2.12. The first-order valence-electron chi connectivity index (χ1n) is 7.56. The van der Waals surface area contributed by atoms with Crippen molar-refractivity contribution < 1.29 is 17.9 Å². The van der Waals surface area contributed by atoms with Crippen LogP contribution in [0.15, 0.2) is 77.0 Å². The molecule has 0 spiro atoms. The average Bonchev–Trinajstić information content (AvgIpc) is 3.12. The van der Waals surface area contributed by atoms with Gasteiger partial charge < -0.3 is 4.74 Å². The molecular weight excluding hydrogens is 356 g/mol. The van der Waals surface area contributed by atoms with Gasteiger partial charge in [0.1, 0.15) is 9.09 Å². The number of thiophene rings is 1. The van der Waals surface area contributed by atoms with Crippen LogP contribution in [0.2, 0.25) is 0 Å². The van der Waals surface area contributed by atoms with Crippen LogP contribution in [0.25, 0.3) is 0 Å². The summed E-state index contributed by atoms with van der Waals surface area (Å²) in [7, 11) is -3.34. The summed E-state index contributed by atoms with van der Waals surface area (Å²) in [5, 5.41) is 0. The molecule has 1 aromatic heterocycles. The van der Waals surface area contributed by atoms with Crippen molar-refractivity contribution in [2.45, 2.75) is 10.3 Å². The van der Waals surface area contributed by atoms with Gasteiger partial charge in [0.15, 0.2) is 15.9 Å². The largest absolute Gasteiger partial charge is 0.448 e. The van der Waals surface area contributed by atoms with Crippen LogP contribution in [0.5, 0.6) is 0 Å². The molecule has 0 aliphatic rings. The first-order valence-corrected chi connectivity index (χ1v) is 10.3. The number of benzene rings is 2. The Morgan fingerprint density at radius 2 is 1.40 bits per heavy atom. The molecule has 128 valence electrons. The van der Waals surface area contributed by atoms with Crippen LogP contribution >= 0.6 is 11.3 Å². The second-order valence-electron chi connectivity index (χ2n) is 5.50. The summed E-state index contributed by atoms with van der Waals surface area (Å²) in [6, 6.07) is 21.8. The smallest absolute Gasteiger partial charge is 0.349 e. The van der Waals surface area contributed by atoms with Crippen molar-refractivity contribution in [1.29, 1.82) is 0 Å². The van der Waals surface area contributed by atoms with Crippen molar-refractivity contribution in [1.82, 2.24) is 0 Å². The minimum absolute atomic E-state index is 0.149. The molecule has 0 atom stereocenters. The molecule has 0 unspecified atom stereocenters. The maximum Gasteiger partial charge on any atom is 0.349 e. The molecule has 1 heterocycles. The highest BCUT2D eigenvalue weighted by molar-refractivity contribution is 7.92. The van der Waals surface area contributed by atoms with Gasteiger partial charge in [-0.25, -0.2) is 13.2 Å². The Labute approximate surface area is 150 Å². The first kappa shape index (κ1) is 17.4. The molecule has 0 amide bonds. The summed E-state index contributed by atoms with van der Waals surface area (Å²) in [5.74, 6) is -0.544.